The molecule has 28 heavy (non-hydrogen) atoms. The number of halogens is 4. The van der Waals surface area contributed by atoms with E-state index in [1.807, 2.05) is 0 Å². The van der Waals surface area contributed by atoms with Gasteiger partial charge in [-0.1, -0.05) is 41.3 Å². The van der Waals surface area contributed by atoms with Gasteiger partial charge in [-0.05, 0) is 30.3 Å². The molecule has 0 aliphatic carbocycles. The van der Waals surface area contributed by atoms with Crippen molar-refractivity contribution in [1.82, 2.24) is 10.2 Å². The number of thioether (sulfide) groups is 1. The van der Waals surface area contributed by atoms with Crippen LogP contribution in [-0.4, -0.2) is 21.9 Å². The fourth-order valence-corrected chi connectivity index (χ4v) is 3.66. The third-order valence-corrected chi connectivity index (χ3v) is 5.29. The highest BCUT2D eigenvalue weighted by Gasteiger charge is 2.30. The number of nitrogens with zero attached hydrogens (tertiary/aromatic N) is 2. The fraction of sp³-hybridized carbons (Fsp3) is 0.118. The summed E-state index contributed by atoms with van der Waals surface area (Å²) in [6.07, 6.45) is -4.48. The second kappa shape index (κ2) is 8.57. The molecule has 5 nitrogen and oxygen atoms in total. The maximum absolute atomic E-state index is 13.6. The maximum atomic E-state index is 13.6. The molecule has 0 fully saturated rings. The summed E-state index contributed by atoms with van der Waals surface area (Å²) in [6.45, 7) is 0. The Balaban J connectivity index is 1.54. The van der Waals surface area contributed by atoms with Gasteiger partial charge in [0, 0.05) is 5.69 Å². The van der Waals surface area contributed by atoms with Gasteiger partial charge in [0.05, 0.1) is 17.0 Å². The van der Waals surface area contributed by atoms with Crippen LogP contribution in [0, 0.1) is 5.82 Å². The van der Waals surface area contributed by atoms with Crippen LogP contribution in [0.5, 0.6) is 0 Å². The highest BCUT2D eigenvalue weighted by molar-refractivity contribution is 8.01. The molecule has 1 heterocycles. The number of carbonyl (C=O) groups excluding carboxylic acids is 1. The Kier molecular flexibility index (Phi) is 6.15. The van der Waals surface area contributed by atoms with Crippen molar-refractivity contribution < 1.29 is 22.4 Å². The molecule has 0 saturated carbocycles. The fourth-order valence-electron chi connectivity index (χ4n) is 2.09. The van der Waals surface area contributed by atoms with E-state index < -0.39 is 23.5 Å². The molecule has 2 aromatic carbocycles. The second-order valence-electron chi connectivity index (χ2n) is 5.39. The van der Waals surface area contributed by atoms with Gasteiger partial charge in [0.15, 0.2) is 4.34 Å². The molecular formula is C17H12F4N4OS2. The first-order valence-corrected chi connectivity index (χ1v) is 9.56. The van der Waals surface area contributed by atoms with Gasteiger partial charge in [0.25, 0.3) is 0 Å². The molecule has 0 aliphatic heterocycles. The molecule has 1 aromatic heterocycles. The van der Waals surface area contributed by atoms with Crippen LogP contribution < -0.4 is 10.6 Å². The highest BCUT2D eigenvalue weighted by atomic mass is 32.2. The van der Waals surface area contributed by atoms with E-state index in [1.165, 1.54) is 18.2 Å². The van der Waals surface area contributed by atoms with Gasteiger partial charge in [-0.25, -0.2) is 4.39 Å². The predicted octanol–water partition coefficient (Wildman–Crippen LogP) is 5.17. The quantitative estimate of drug-likeness (QED) is 0.419. The van der Waals surface area contributed by atoms with Crippen molar-refractivity contribution in [2.45, 2.75) is 10.5 Å². The van der Waals surface area contributed by atoms with Crippen LogP contribution in [-0.2, 0) is 11.0 Å². The van der Waals surface area contributed by atoms with E-state index >= 15 is 0 Å². The first kappa shape index (κ1) is 20.1. The maximum Gasteiger partial charge on any atom is 0.416 e. The number of anilines is 3. The molecule has 146 valence electrons. The smallest absolute Gasteiger partial charge is 0.328 e. The van der Waals surface area contributed by atoms with E-state index in [4.69, 9.17) is 0 Å². The number of hydrogen-bond acceptors (Lipinski definition) is 6. The average molecular weight is 428 g/mol. The lowest BCUT2D eigenvalue weighted by Gasteiger charge is -2.09. The number of benzene rings is 2. The minimum atomic E-state index is -4.48. The summed E-state index contributed by atoms with van der Waals surface area (Å²) in [4.78, 5) is 12.0. The Hall–Kier alpha value is -2.66. The number of nitrogens with one attached hydrogen (secondary N) is 2. The van der Waals surface area contributed by atoms with Gasteiger partial charge >= 0.3 is 6.18 Å². The number of amides is 1. The lowest BCUT2D eigenvalue weighted by molar-refractivity contribution is -0.137. The molecule has 0 radical (unpaired) electrons. The molecule has 2 N–H and O–H groups in total. The van der Waals surface area contributed by atoms with Crippen LogP contribution in [0.15, 0.2) is 52.9 Å². The second-order valence-corrected chi connectivity index (χ2v) is 7.59. The molecule has 0 saturated heterocycles. The lowest BCUT2D eigenvalue weighted by Crippen LogP contribution is -2.15. The number of hydrogen-bond donors (Lipinski definition) is 2. The molecule has 3 rings (SSSR count). The van der Waals surface area contributed by atoms with E-state index in [1.54, 1.807) is 18.2 Å². The SMILES string of the molecule is O=C(CSc1nnc(Nc2ccccc2F)s1)Nc1cccc(C(F)(F)F)c1. The van der Waals surface area contributed by atoms with E-state index in [0.29, 0.717) is 9.47 Å². The third-order valence-electron chi connectivity index (χ3n) is 3.32. The molecule has 1 amide bonds. The van der Waals surface area contributed by atoms with E-state index in [0.717, 1.165) is 35.2 Å². The third kappa shape index (κ3) is 5.42. The Bertz CT molecular complexity index is 978. The van der Waals surface area contributed by atoms with Gasteiger partial charge in [-0.3, -0.25) is 4.79 Å². The minimum absolute atomic E-state index is 0.0552. The molecule has 0 unspecified atom stereocenters. The monoisotopic (exact) mass is 428 g/mol. The summed E-state index contributed by atoms with van der Waals surface area (Å²) >= 11 is 2.19. The molecule has 11 heteroatoms. The van der Waals surface area contributed by atoms with Gasteiger partial charge in [0.2, 0.25) is 11.0 Å². The van der Waals surface area contributed by atoms with Crippen LogP contribution in [0.1, 0.15) is 5.56 Å². The van der Waals surface area contributed by atoms with Crippen LogP contribution in [0.3, 0.4) is 0 Å². The number of carbonyl (C=O) groups is 1. The lowest BCUT2D eigenvalue weighted by atomic mass is 10.2. The van der Waals surface area contributed by atoms with E-state index in [9.17, 15) is 22.4 Å². The molecule has 0 atom stereocenters. The normalized spacial score (nSPS) is 11.3. The van der Waals surface area contributed by atoms with Crippen LogP contribution in [0.25, 0.3) is 0 Å². The molecular weight excluding hydrogens is 416 g/mol. The van der Waals surface area contributed by atoms with Crippen LogP contribution >= 0.6 is 23.1 Å². The Morgan fingerprint density at radius 3 is 2.64 bits per heavy atom. The van der Waals surface area contributed by atoms with Gasteiger partial charge in [0.1, 0.15) is 5.82 Å². The molecule has 0 bridgehead atoms. The van der Waals surface area contributed by atoms with Crippen molar-refractivity contribution in [2.75, 3.05) is 16.4 Å². The predicted molar refractivity (Wildman–Crippen MR) is 100 cm³/mol. The first-order chi connectivity index (χ1) is 13.3. The largest absolute Gasteiger partial charge is 0.416 e. The van der Waals surface area contributed by atoms with Gasteiger partial charge in [-0.2, -0.15) is 13.2 Å². The molecule has 0 aliphatic rings. The van der Waals surface area contributed by atoms with Crippen molar-refractivity contribution in [3.63, 3.8) is 0 Å². The van der Waals surface area contributed by atoms with Crippen molar-refractivity contribution in [1.29, 1.82) is 0 Å². The Labute approximate surface area is 165 Å². The van der Waals surface area contributed by atoms with Gasteiger partial charge in [-0.15, -0.1) is 10.2 Å². The van der Waals surface area contributed by atoms with Crippen molar-refractivity contribution in [2.24, 2.45) is 0 Å². The summed E-state index contributed by atoms with van der Waals surface area (Å²) in [5.74, 6) is -0.986. The Morgan fingerprint density at radius 1 is 1.11 bits per heavy atom. The molecule has 3 aromatic rings. The zero-order chi connectivity index (χ0) is 20.1. The van der Waals surface area contributed by atoms with Crippen LogP contribution in [0.4, 0.5) is 34.1 Å². The van der Waals surface area contributed by atoms with Gasteiger partial charge < -0.3 is 10.6 Å². The van der Waals surface area contributed by atoms with Crippen molar-refractivity contribution in [3.05, 3.63) is 59.9 Å². The zero-order valence-electron chi connectivity index (χ0n) is 14.0. The standard InChI is InChI=1S/C17H12F4N4OS2/c18-12-6-1-2-7-13(12)23-15-24-25-16(28-15)27-9-14(26)22-11-5-3-4-10(8-11)17(19,20)21/h1-8H,9H2,(H,22,26)(H,23,24). The summed E-state index contributed by atoms with van der Waals surface area (Å²) in [5, 5.41) is 13.3. The average Bonchev–Trinajstić information content (AvgIpc) is 3.09. The zero-order valence-corrected chi connectivity index (χ0v) is 15.6. The highest BCUT2D eigenvalue weighted by Crippen LogP contribution is 2.31. The topological polar surface area (TPSA) is 66.9 Å². The Morgan fingerprint density at radius 2 is 1.89 bits per heavy atom. The minimum Gasteiger partial charge on any atom is -0.328 e. The summed E-state index contributed by atoms with van der Waals surface area (Å²) < 4.78 is 52.2. The van der Waals surface area contributed by atoms with Crippen molar-refractivity contribution >= 4 is 45.5 Å². The number of alkyl halides is 3. The van der Waals surface area contributed by atoms with E-state index in [2.05, 4.69) is 20.8 Å². The number of para-hydroxylation sites is 1. The van der Waals surface area contributed by atoms with E-state index in [-0.39, 0.29) is 17.1 Å². The summed E-state index contributed by atoms with van der Waals surface area (Å²) in [5.41, 5.74) is -0.539. The van der Waals surface area contributed by atoms with Crippen LogP contribution in [0.2, 0.25) is 0 Å². The summed E-state index contributed by atoms with van der Waals surface area (Å²) in [6, 6.07) is 10.5. The number of rotatable bonds is 6. The summed E-state index contributed by atoms with van der Waals surface area (Å²) in [7, 11) is 0. The van der Waals surface area contributed by atoms with Crippen molar-refractivity contribution in [3.8, 4) is 0 Å². The first-order valence-electron chi connectivity index (χ1n) is 7.76. The molecule has 0 spiro atoms. The number of aromatic nitrogens is 2.